The molecule has 1 aliphatic heterocycles. The molecule has 1 saturated heterocycles. The van der Waals surface area contributed by atoms with Crippen molar-refractivity contribution in [1.29, 1.82) is 0 Å². The third-order valence-electron chi connectivity index (χ3n) is 3.92. The summed E-state index contributed by atoms with van der Waals surface area (Å²) in [5.41, 5.74) is 0. The summed E-state index contributed by atoms with van der Waals surface area (Å²) in [6, 6.07) is 0. The van der Waals surface area contributed by atoms with Gasteiger partial charge in [0.15, 0.2) is 5.96 Å². The first kappa shape index (κ1) is 21.9. The van der Waals surface area contributed by atoms with Crippen molar-refractivity contribution in [3.8, 4) is 0 Å². The van der Waals surface area contributed by atoms with Gasteiger partial charge in [0.1, 0.15) is 0 Å². The van der Waals surface area contributed by atoms with Crippen LogP contribution in [0.1, 0.15) is 27.2 Å². The quantitative estimate of drug-likeness (QED) is 0.385. The summed E-state index contributed by atoms with van der Waals surface area (Å²) >= 11 is 0. The van der Waals surface area contributed by atoms with Gasteiger partial charge in [-0.25, -0.2) is 0 Å². The van der Waals surface area contributed by atoms with Crippen LogP contribution in [0.3, 0.4) is 0 Å². The van der Waals surface area contributed by atoms with Crippen LogP contribution in [-0.2, 0) is 4.74 Å². The van der Waals surface area contributed by atoms with Crippen molar-refractivity contribution in [1.82, 2.24) is 15.1 Å². The van der Waals surface area contributed by atoms with E-state index in [1.54, 1.807) is 7.11 Å². The molecule has 0 amide bonds. The third-order valence-corrected chi connectivity index (χ3v) is 3.92. The van der Waals surface area contributed by atoms with Crippen LogP contribution in [0.4, 0.5) is 0 Å². The molecule has 1 rings (SSSR count). The number of methoxy groups -OCH3 is 1. The van der Waals surface area contributed by atoms with Crippen LogP contribution in [0.2, 0.25) is 0 Å². The Labute approximate surface area is 153 Å². The maximum absolute atomic E-state index is 5.10. The van der Waals surface area contributed by atoms with Gasteiger partial charge < -0.3 is 19.9 Å². The number of aliphatic imine (C=N–C) groups is 1. The average molecular weight is 426 g/mol. The van der Waals surface area contributed by atoms with E-state index in [0.29, 0.717) is 0 Å². The van der Waals surface area contributed by atoms with Crippen molar-refractivity contribution in [3.05, 3.63) is 0 Å². The van der Waals surface area contributed by atoms with E-state index in [2.05, 4.69) is 42.9 Å². The number of hydrogen-bond donors (Lipinski definition) is 1. The van der Waals surface area contributed by atoms with Crippen molar-refractivity contribution >= 4 is 29.9 Å². The molecule has 2 atom stereocenters. The first-order chi connectivity index (χ1) is 10.1. The summed E-state index contributed by atoms with van der Waals surface area (Å²) in [6.45, 7) is 13.5. The number of rotatable bonds is 7. The minimum Gasteiger partial charge on any atom is -0.383 e. The molecule has 0 radical (unpaired) electrons. The lowest BCUT2D eigenvalue weighted by Crippen LogP contribution is -2.48. The predicted molar refractivity (Wildman–Crippen MR) is 105 cm³/mol. The van der Waals surface area contributed by atoms with E-state index in [0.717, 1.165) is 63.7 Å². The molecule has 5 nitrogen and oxygen atoms in total. The summed E-state index contributed by atoms with van der Waals surface area (Å²) in [5, 5.41) is 3.44. The molecule has 0 aliphatic carbocycles. The molecule has 0 aromatic heterocycles. The lowest BCUT2D eigenvalue weighted by atomic mass is 9.92. The molecular weight excluding hydrogens is 391 g/mol. The Morgan fingerprint density at radius 1 is 1.27 bits per heavy atom. The first-order valence-electron chi connectivity index (χ1n) is 8.27. The molecule has 0 aromatic carbocycles. The van der Waals surface area contributed by atoms with Gasteiger partial charge in [0.2, 0.25) is 0 Å². The molecular formula is C16H35IN4O. The fourth-order valence-corrected chi connectivity index (χ4v) is 2.95. The zero-order valence-corrected chi connectivity index (χ0v) is 17.3. The Kier molecular flexibility index (Phi) is 12.3. The third kappa shape index (κ3) is 8.53. The zero-order chi connectivity index (χ0) is 15.7. The standard InChI is InChI=1S/C16H34N4O.HI/c1-6-17-16(18-7-8-19(4)9-10-21-5)20-12-14(2)11-15(3)13-20;/h14-15H,6-13H2,1-5H3,(H,17,18);1H. The van der Waals surface area contributed by atoms with E-state index in [-0.39, 0.29) is 24.0 Å². The van der Waals surface area contributed by atoms with Crippen LogP contribution < -0.4 is 5.32 Å². The summed E-state index contributed by atoms with van der Waals surface area (Å²) in [5.74, 6) is 2.58. The molecule has 0 saturated carbocycles. The molecule has 22 heavy (non-hydrogen) atoms. The molecule has 6 heteroatoms. The van der Waals surface area contributed by atoms with Gasteiger partial charge in [-0.2, -0.15) is 0 Å². The molecule has 1 N–H and O–H groups in total. The highest BCUT2D eigenvalue weighted by Gasteiger charge is 2.23. The average Bonchev–Trinajstić information content (AvgIpc) is 2.43. The zero-order valence-electron chi connectivity index (χ0n) is 15.0. The van der Waals surface area contributed by atoms with Crippen LogP contribution in [0.25, 0.3) is 0 Å². The largest absolute Gasteiger partial charge is 0.383 e. The highest BCUT2D eigenvalue weighted by atomic mass is 127. The Hall–Kier alpha value is -0.0800. The predicted octanol–water partition coefficient (Wildman–Crippen LogP) is 2.13. The fraction of sp³-hybridized carbons (Fsp3) is 0.938. The number of piperidine rings is 1. The van der Waals surface area contributed by atoms with E-state index in [1.165, 1.54) is 6.42 Å². The number of likely N-dealkylation sites (N-methyl/N-ethyl adjacent to an activating group) is 1. The monoisotopic (exact) mass is 426 g/mol. The smallest absolute Gasteiger partial charge is 0.193 e. The number of hydrogen-bond acceptors (Lipinski definition) is 3. The number of nitrogens with one attached hydrogen (secondary N) is 1. The Bertz CT molecular complexity index is 305. The number of nitrogens with zero attached hydrogens (tertiary/aromatic N) is 3. The molecule has 0 spiro atoms. The van der Waals surface area contributed by atoms with Crippen LogP contribution in [0, 0.1) is 11.8 Å². The van der Waals surface area contributed by atoms with Crippen molar-refractivity contribution in [2.45, 2.75) is 27.2 Å². The molecule has 132 valence electrons. The molecule has 0 aromatic rings. The molecule has 2 unspecified atom stereocenters. The molecule has 1 aliphatic rings. The SMILES string of the molecule is CCNC(=NCCN(C)CCOC)N1CC(C)CC(C)C1.I. The normalized spacial score (nSPS) is 22.6. The van der Waals surface area contributed by atoms with Gasteiger partial charge in [0.25, 0.3) is 0 Å². The summed E-state index contributed by atoms with van der Waals surface area (Å²) < 4.78 is 5.10. The van der Waals surface area contributed by atoms with Crippen molar-refractivity contribution in [2.75, 3.05) is 60.0 Å². The van der Waals surface area contributed by atoms with Crippen molar-refractivity contribution in [2.24, 2.45) is 16.8 Å². The second kappa shape index (κ2) is 12.4. The van der Waals surface area contributed by atoms with Crippen LogP contribution in [0.5, 0.6) is 0 Å². The van der Waals surface area contributed by atoms with Gasteiger partial charge in [-0.15, -0.1) is 24.0 Å². The number of likely N-dealkylation sites (tertiary alicyclic amines) is 1. The van der Waals surface area contributed by atoms with Gasteiger partial charge >= 0.3 is 0 Å². The molecule has 1 heterocycles. The highest BCUT2D eigenvalue weighted by molar-refractivity contribution is 14.0. The minimum absolute atomic E-state index is 0. The fourth-order valence-electron chi connectivity index (χ4n) is 2.95. The molecule has 1 fully saturated rings. The van der Waals surface area contributed by atoms with E-state index >= 15 is 0 Å². The summed E-state index contributed by atoms with van der Waals surface area (Å²) in [7, 11) is 3.86. The van der Waals surface area contributed by atoms with E-state index in [4.69, 9.17) is 9.73 Å². The van der Waals surface area contributed by atoms with Crippen LogP contribution >= 0.6 is 24.0 Å². The Morgan fingerprint density at radius 3 is 2.45 bits per heavy atom. The van der Waals surface area contributed by atoms with Gasteiger partial charge in [0, 0.05) is 39.8 Å². The Morgan fingerprint density at radius 2 is 1.91 bits per heavy atom. The molecule has 0 bridgehead atoms. The second-order valence-corrected chi connectivity index (χ2v) is 6.38. The van der Waals surface area contributed by atoms with Crippen LogP contribution in [-0.4, -0.2) is 75.8 Å². The number of guanidine groups is 1. The van der Waals surface area contributed by atoms with Crippen molar-refractivity contribution in [3.63, 3.8) is 0 Å². The summed E-state index contributed by atoms with van der Waals surface area (Å²) in [6.07, 6.45) is 1.33. The van der Waals surface area contributed by atoms with E-state index in [9.17, 15) is 0 Å². The maximum Gasteiger partial charge on any atom is 0.193 e. The minimum atomic E-state index is 0. The van der Waals surface area contributed by atoms with Crippen LogP contribution in [0.15, 0.2) is 4.99 Å². The second-order valence-electron chi connectivity index (χ2n) is 6.38. The lowest BCUT2D eigenvalue weighted by molar-refractivity contribution is 0.162. The van der Waals surface area contributed by atoms with Crippen molar-refractivity contribution < 1.29 is 4.74 Å². The van der Waals surface area contributed by atoms with E-state index in [1.807, 2.05) is 0 Å². The van der Waals surface area contributed by atoms with Gasteiger partial charge in [-0.3, -0.25) is 4.99 Å². The lowest BCUT2D eigenvalue weighted by Gasteiger charge is -2.37. The maximum atomic E-state index is 5.10. The Balaban J connectivity index is 0.00000441. The first-order valence-corrected chi connectivity index (χ1v) is 8.27. The van der Waals surface area contributed by atoms with Gasteiger partial charge in [-0.1, -0.05) is 13.8 Å². The number of ether oxygens (including phenoxy) is 1. The summed E-state index contributed by atoms with van der Waals surface area (Å²) in [4.78, 5) is 9.49. The topological polar surface area (TPSA) is 40.1 Å². The van der Waals surface area contributed by atoms with Gasteiger partial charge in [0.05, 0.1) is 13.2 Å². The van der Waals surface area contributed by atoms with E-state index < -0.39 is 0 Å². The van der Waals surface area contributed by atoms with Gasteiger partial charge in [-0.05, 0) is 32.2 Å². The highest BCUT2D eigenvalue weighted by Crippen LogP contribution is 2.20. The number of halogens is 1.